The molecule has 0 aliphatic rings. The number of carbonyl (C=O) groups is 3. The molecule has 29 heavy (non-hydrogen) atoms. The molecule has 0 aliphatic heterocycles. The van der Waals surface area contributed by atoms with Gasteiger partial charge in [0.15, 0.2) is 18.1 Å². The summed E-state index contributed by atoms with van der Waals surface area (Å²) in [7, 11) is 3.03. The summed E-state index contributed by atoms with van der Waals surface area (Å²) in [6.45, 7) is -0.304. The van der Waals surface area contributed by atoms with Gasteiger partial charge in [0.25, 0.3) is 5.91 Å². The number of benzene rings is 2. The van der Waals surface area contributed by atoms with Crippen molar-refractivity contribution in [2.75, 3.05) is 20.8 Å². The predicted octanol–water partition coefficient (Wildman–Crippen LogP) is 2.29. The van der Waals surface area contributed by atoms with Crippen molar-refractivity contribution in [1.82, 2.24) is 10.6 Å². The Morgan fingerprint density at radius 3 is 2.38 bits per heavy atom. The van der Waals surface area contributed by atoms with E-state index in [1.165, 1.54) is 26.4 Å². The predicted molar refractivity (Wildman–Crippen MR) is 106 cm³/mol. The van der Waals surface area contributed by atoms with Crippen molar-refractivity contribution >= 4 is 24.0 Å². The second kappa shape index (κ2) is 11.1. The van der Waals surface area contributed by atoms with Gasteiger partial charge in [-0.1, -0.05) is 36.4 Å². The average molecular weight is 398 g/mol. The lowest BCUT2D eigenvalue weighted by atomic mass is 10.2. The number of nitrogens with one attached hydrogen (secondary N) is 2. The molecule has 2 rings (SSSR count). The zero-order valence-electron chi connectivity index (χ0n) is 16.1. The summed E-state index contributed by atoms with van der Waals surface area (Å²) in [6, 6.07) is 13.7. The molecule has 0 aliphatic carbocycles. The van der Waals surface area contributed by atoms with Crippen LogP contribution in [0.25, 0.3) is 6.08 Å². The zero-order valence-corrected chi connectivity index (χ0v) is 16.1. The number of amides is 3. The van der Waals surface area contributed by atoms with Crippen molar-refractivity contribution in [3.05, 3.63) is 65.7 Å². The molecular weight excluding hydrogens is 376 g/mol. The SMILES string of the molecule is COc1ccc(/C=C/C(=O)OCC(=O)NC(=O)NCc2ccccc2)cc1OC. The molecule has 8 nitrogen and oxygen atoms in total. The van der Waals surface area contributed by atoms with E-state index >= 15 is 0 Å². The number of rotatable bonds is 8. The Hall–Kier alpha value is -3.81. The van der Waals surface area contributed by atoms with Gasteiger partial charge in [-0.05, 0) is 29.3 Å². The standard InChI is InChI=1S/C21H22N2O6/c1-27-17-10-8-15(12-18(17)28-2)9-11-20(25)29-14-19(24)23-21(26)22-13-16-6-4-3-5-7-16/h3-12H,13-14H2,1-2H3,(H2,22,23,24,26)/b11-9+. The van der Waals surface area contributed by atoms with E-state index in [9.17, 15) is 14.4 Å². The van der Waals surface area contributed by atoms with Gasteiger partial charge in [-0.2, -0.15) is 0 Å². The molecule has 0 bridgehead atoms. The van der Waals surface area contributed by atoms with Crippen LogP contribution in [0.4, 0.5) is 4.79 Å². The third-order valence-corrected chi connectivity index (χ3v) is 3.71. The van der Waals surface area contributed by atoms with E-state index in [-0.39, 0.29) is 6.54 Å². The van der Waals surface area contributed by atoms with Gasteiger partial charge in [-0.25, -0.2) is 9.59 Å². The van der Waals surface area contributed by atoms with E-state index in [4.69, 9.17) is 14.2 Å². The van der Waals surface area contributed by atoms with Crippen molar-refractivity contribution in [2.45, 2.75) is 6.54 Å². The van der Waals surface area contributed by atoms with Crippen molar-refractivity contribution in [3.8, 4) is 11.5 Å². The highest BCUT2D eigenvalue weighted by molar-refractivity contribution is 5.96. The van der Waals surface area contributed by atoms with Gasteiger partial charge in [-0.3, -0.25) is 10.1 Å². The Bertz CT molecular complexity index is 880. The first-order valence-electron chi connectivity index (χ1n) is 8.70. The van der Waals surface area contributed by atoms with E-state index in [0.29, 0.717) is 17.1 Å². The summed E-state index contributed by atoms with van der Waals surface area (Å²) in [5.74, 6) is -0.374. The molecule has 8 heteroatoms. The van der Waals surface area contributed by atoms with Gasteiger partial charge in [0.2, 0.25) is 0 Å². The highest BCUT2D eigenvalue weighted by Gasteiger charge is 2.10. The molecular formula is C21H22N2O6. The monoisotopic (exact) mass is 398 g/mol. The third kappa shape index (κ3) is 7.37. The summed E-state index contributed by atoms with van der Waals surface area (Å²) >= 11 is 0. The molecule has 0 fully saturated rings. The van der Waals surface area contributed by atoms with Gasteiger partial charge in [-0.15, -0.1) is 0 Å². The van der Waals surface area contributed by atoms with Crippen LogP contribution in [-0.4, -0.2) is 38.7 Å². The van der Waals surface area contributed by atoms with Crippen LogP contribution in [0.15, 0.2) is 54.6 Å². The topological polar surface area (TPSA) is 103 Å². The molecule has 0 unspecified atom stereocenters. The Kier molecular flexibility index (Phi) is 8.25. The largest absolute Gasteiger partial charge is 0.493 e. The minimum absolute atomic E-state index is 0.272. The van der Waals surface area contributed by atoms with Crippen molar-refractivity contribution in [1.29, 1.82) is 0 Å². The smallest absolute Gasteiger partial charge is 0.331 e. The van der Waals surface area contributed by atoms with Crippen LogP contribution in [-0.2, 0) is 20.9 Å². The number of carbonyl (C=O) groups excluding carboxylic acids is 3. The molecule has 2 aromatic carbocycles. The zero-order chi connectivity index (χ0) is 21.1. The number of esters is 1. The van der Waals surface area contributed by atoms with Gasteiger partial charge in [0.05, 0.1) is 14.2 Å². The summed E-state index contributed by atoms with van der Waals surface area (Å²) in [5, 5.41) is 4.62. The highest BCUT2D eigenvalue weighted by Crippen LogP contribution is 2.27. The van der Waals surface area contributed by atoms with E-state index < -0.39 is 24.5 Å². The summed E-state index contributed by atoms with van der Waals surface area (Å²) in [6.07, 6.45) is 2.68. The molecule has 152 valence electrons. The fourth-order valence-corrected chi connectivity index (χ4v) is 2.29. The third-order valence-electron chi connectivity index (χ3n) is 3.71. The van der Waals surface area contributed by atoms with Crippen molar-refractivity contribution < 1.29 is 28.6 Å². The molecule has 0 heterocycles. The van der Waals surface area contributed by atoms with Gasteiger partial charge < -0.3 is 19.5 Å². The fourth-order valence-electron chi connectivity index (χ4n) is 2.29. The van der Waals surface area contributed by atoms with E-state index in [1.807, 2.05) is 30.3 Å². The molecule has 0 aromatic heterocycles. The summed E-state index contributed by atoms with van der Waals surface area (Å²) < 4.78 is 15.1. The Morgan fingerprint density at radius 1 is 0.966 bits per heavy atom. The maximum Gasteiger partial charge on any atom is 0.331 e. The first-order valence-corrected chi connectivity index (χ1v) is 8.70. The lowest BCUT2D eigenvalue weighted by Crippen LogP contribution is -2.41. The second-order valence-electron chi connectivity index (χ2n) is 5.77. The number of ether oxygens (including phenoxy) is 3. The summed E-state index contributed by atoms with van der Waals surface area (Å²) in [5.41, 5.74) is 1.58. The van der Waals surface area contributed by atoms with Crippen LogP contribution in [0.3, 0.4) is 0 Å². The first-order chi connectivity index (χ1) is 14.0. The maximum atomic E-state index is 11.7. The molecule has 0 spiro atoms. The fraction of sp³-hybridized carbons (Fsp3) is 0.190. The minimum Gasteiger partial charge on any atom is -0.493 e. The van der Waals surface area contributed by atoms with Crippen LogP contribution >= 0.6 is 0 Å². The lowest BCUT2D eigenvalue weighted by molar-refractivity contribution is -0.143. The van der Waals surface area contributed by atoms with Crippen LogP contribution in [0, 0.1) is 0 Å². The van der Waals surface area contributed by atoms with Crippen LogP contribution in [0.2, 0.25) is 0 Å². The molecule has 0 saturated carbocycles. The second-order valence-corrected chi connectivity index (χ2v) is 5.77. The van der Waals surface area contributed by atoms with Crippen LogP contribution < -0.4 is 20.1 Å². The van der Waals surface area contributed by atoms with Crippen molar-refractivity contribution in [2.24, 2.45) is 0 Å². The quantitative estimate of drug-likeness (QED) is 0.522. The minimum atomic E-state index is -0.733. The van der Waals surface area contributed by atoms with E-state index in [0.717, 1.165) is 5.56 Å². The van der Waals surface area contributed by atoms with E-state index in [1.54, 1.807) is 18.2 Å². The van der Waals surface area contributed by atoms with Gasteiger partial charge in [0, 0.05) is 12.6 Å². The highest BCUT2D eigenvalue weighted by atomic mass is 16.5. The maximum absolute atomic E-state index is 11.7. The Balaban J connectivity index is 1.74. The number of hydrogen-bond donors (Lipinski definition) is 2. The van der Waals surface area contributed by atoms with Gasteiger partial charge in [0.1, 0.15) is 0 Å². The number of urea groups is 1. The number of methoxy groups -OCH3 is 2. The normalized spacial score (nSPS) is 10.3. The number of hydrogen-bond acceptors (Lipinski definition) is 6. The van der Waals surface area contributed by atoms with E-state index in [2.05, 4.69) is 10.6 Å². The Labute approximate surface area is 168 Å². The molecule has 2 N–H and O–H groups in total. The lowest BCUT2D eigenvalue weighted by Gasteiger charge is -2.08. The van der Waals surface area contributed by atoms with Crippen LogP contribution in [0.5, 0.6) is 11.5 Å². The molecule has 0 saturated heterocycles. The number of imide groups is 1. The summed E-state index contributed by atoms with van der Waals surface area (Å²) in [4.78, 5) is 35.1. The van der Waals surface area contributed by atoms with Crippen molar-refractivity contribution in [3.63, 3.8) is 0 Å². The molecule has 3 amide bonds. The average Bonchev–Trinajstić information content (AvgIpc) is 2.75. The molecule has 0 radical (unpaired) electrons. The molecule has 0 atom stereocenters. The first kappa shape index (κ1) is 21.5. The van der Waals surface area contributed by atoms with Crippen LogP contribution in [0.1, 0.15) is 11.1 Å². The van der Waals surface area contributed by atoms with Gasteiger partial charge >= 0.3 is 12.0 Å². The molecule has 2 aromatic rings. The Morgan fingerprint density at radius 2 is 1.69 bits per heavy atom.